The minimum atomic E-state index is -1.28. The van der Waals surface area contributed by atoms with Gasteiger partial charge in [0.15, 0.2) is 0 Å². The Balaban J connectivity index is 2.55. The number of fused-ring (bicyclic) bond motifs is 1. The van der Waals surface area contributed by atoms with Crippen LogP contribution in [0.15, 0.2) is 18.2 Å². The van der Waals surface area contributed by atoms with Gasteiger partial charge in [0.1, 0.15) is 0 Å². The molecule has 0 bridgehead atoms. The first-order valence-corrected chi connectivity index (χ1v) is 4.44. The summed E-state index contributed by atoms with van der Waals surface area (Å²) in [6, 6.07) is 5.01. The molecule has 4 heteroatoms. The van der Waals surface area contributed by atoms with E-state index >= 15 is 0 Å². The highest BCUT2D eigenvalue weighted by Gasteiger charge is 2.40. The molecule has 0 aromatic heterocycles. The number of carbonyl (C=O) groups excluding carboxylic acids is 3. The molecule has 0 fully saturated rings. The Kier molecular flexibility index (Phi) is 2.11. The zero-order chi connectivity index (χ0) is 11.0. The molecule has 1 aliphatic carbocycles. The molecule has 15 heavy (non-hydrogen) atoms. The molecule has 0 spiro atoms. The van der Waals surface area contributed by atoms with Crippen LogP contribution in [-0.4, -0.2) is 24.1 Å². The minimum Gasteiger partial charge on any atom is -0.448 e. The second-order valence-electron chi connectivity index (χ2n) is 3.34. The van der Waals surface area contributed by atoms with Crippen molar-refractivity contribution in [2.24, 2.45) is 0 Å². The van der Waals surface area contributed by atoms with E-state index in [0.29, 0.717) is 11.1 Å². The summed E-state index contributed by atoms with van der Waals surface area (Å²) in [4.78, 5) is 33.5. The standard InChI is InChI=1S/C11H8O4/c1-6-3-2-4-7-8(6)10(14)11(9(7)13)15-5-12/h2-5,11H,1H3. The predicted molar refractivity (Wildman–Crippen MR) is 50.8 cm³/mol. The van der Waals surface area contributed by atoms with Crippen LogP contribution in [0.1, 0.15) is 26.3 Å². The molecule has 0 heterocycles. The van der Waals surface area contributed by atoms with Crippen LogP contribution in [0.25, 0.3) is 0 Å². The third-order valence-electron chi connectivity index (χ3n) is 2.45. The highest BCUT2D eigenvalue weighted by atomic mass is 16.5. The summed E-state index contributed by atoms with van der Waals surface area (Å²) in [6.45, 7) is 1.87. The van der Waals surface area contributed by atoms with Gasteiger partial charge in [0.05, 0.1) is 0 Å². The van der Waals surface area contributed by atoms with Crippen molar-refractivity contribution in [3.05, 3.63) is 34.9 Å². The quantitative estimate of drug-likeness (QED) is 0.530. The number of ketones is 2. The van der Waals surface area contributed by atoms with E-state index < -0.39 is 17.7 Å². The van der Waals surface area contributed by atoms with Crippen LogP contribution in [0.3, 0.4) is 0 Å². The van der Waals surface area contributed by atoms with E-state index in [0.717, 1.165) is 5.56 Å². The lowest BCUT2D eigenvalue weighted by Crippen LogP contribution is -2.25. The first-order chi connectivity index (χ1) is 7.16. The average Bonchev–Trinajstić information content (AvgIpc) is 2.45. The number of ether oxygens (including phenoxy) is 1. The summed E-state index contributed by atoms with van der Waals surface area (Å²) in [5.74, 6) is -0.869. The lowest BCUT2D eigenvalue weighted by Gasteiger charge is -2.02. The number of hydrogen-bond donors (Lipinski definition) is 0. The van der Waals surface area contributed by atoms with Crippen LogP contribution in [0.5, 0.6) is 0 Å². The van der Waals surface area contributed by atoms with Crippen LogP contribution in [0.4, 0.5) is 0 Å². The molecule has 1 aliphatic rings. The van der Waals surface area contributed by atoms with E-state index in [-0.39, 0.29) is 6.47 Å². The van der Waals surface area contributed by atoms with Crippen molar-refractivity contribution in [1.82, 2.24) is 0 Å². The molecule has 1 aromatic carbocycles. The lowest BCUT2D eigenvalue weighted by molar-refractivity contribution is -0.130. The van der Waals surface area contributed by atoms with Crippen molar-refractivity contribution in [2.45, 2.75) is 13.0 Å². The number of benzene rings is 1. The Morgan fingerprint density at radius 1 is 1.27 bits per heavy atom. The van der Waals surface area contributed by atoms with Gasteiger partial charge in [0.25, 0.3) is 6.47 Å². The molecule has 76 valence electrons. The van der Waals surface area contributed by atoms with Crippen LogP contribution in [0.2, 0.25) is 0 Å². The van der Waals surface area contributed by atoms with Crippen molar-refractivity contribution in [2.75, 3.05) is 0 Å². The molecule has 1 aromatic rings. The molecule has 1 atom stereocenters. The molecule has 0 amide bonds. The molecular weight excluding hydrogens is 196 g/mol. The van der Waals surface area contributed by atoms with Crippen molar-refractivity contribution < 1.29 is 19.1 Å². The Hall–Kier alpha value is -1.97. The van der Waals surface area contributed by atoms with Gasteiger partial charge in [-0.2, -0.15) is 0 Å². The first kappa shape index (κ1) is 9.58. The fourth-order valence-corrected chi connectivity index (χ4v) is 1.77. The van der Waals surface area contributed by atoms with Crippen LogP contribution < -0.4 is 0 Å². The third kappa shape index (κ3) is 1.26. The van der Waals surface area contributed by atoms with Gasteiger partial charge in [0, 0.05) is 11.1 Å². The monoisotopic (exact) mass is 204 g/mol. The van der Waals surface area contributed by atoms with Gasteiger partial charge in [0.2, 0.25) is 17.7 Å². The van der Waals surface area contributed by atoms with Gasteiger partial charge >= 0.3 is 0 Å². The van der Waals surface area contributed by atoms with E-state index in [2.05, 4.69) is 4.74 Å². The van der Waals surface area contributed by atoms with Crippen molar-refractivity contribution in [3.8, 4) is 0 Å². The van der Waals surface area contributed by atoms with Crippen LogP contribution in [0, 0.1) is 6.92 Å². The second-order valence-corrected chi connectivity index (χ2v) is 3.34. The molecule has 0 N–H and O–H groups in total. The van der Waals surface area contributed by atoms with Crippen molar-refractivity contribution in [1.29, 1.82) is 0 Å². The maximum Gasteiger partial charge on any atom is 0.294 e. The summed E-state index contributed by atoms with van der Waals surface area (Å²) in [6.07, 6.45) is -1.28. The fraction of sp³-hybridized carbons (Fsp3) is 0.182. The maximum absolute atomic E-state index is 11.7. The SMILES string of the molecule is Cc1cccc2c1C(=O)C(OC=O)C2=O. The smallest absolute Gasteiger partial charge is 0.294 e. The van der Waals surface area contributed by atoms with Gasteiger partial charge in [-0.1, -0.05) is 18.2 Å². The average molecular weight is 204 g/mol. The van der Waals surface area contributed by atoms with Gasteiger partial charge in [-0.3, -0.25) is 14.4 Å². The van der Waals surface area contributed by atoms with E-state index in [1.165, 1.54) is 0 Å². The van der Waals surface area contributed by atoms with Gasteiger partial charge in [-0.05, 0) is 12.5 Å². The number of aryl methyl sites for hydroxylation is 1. The largest absolute Gasteiger partial charge is 0.448 e. The Labute approximate surface area is 85.8 Å². The normalized spacial score (nSPS) is 18.9. The summed E-state index contributed by atoms with van der Waals surface area (Å²) in [5, 5.41) is 0. The van der Waals surface area contributed by atoms with E-state index in [1.54, 1.807) is 25.1 Å². The van der Waals surface area contributed by atoms with Crippen LogP contribution in [-0.2, 0) is 9.53 Å². The van der Waals surface area contributed by atoms with E-state index in [1.807, 2.05) is 0 Å². The molecule has 0 radical (unpaired) electrons. The summed E-state index contributed by atoms with van der Waals surface area (Å²) >= 11 is 0. The zero-order valence-electron chi connectivity index (χ0n) is 8.02. The van der Waals surface area contributed by atoms with E-state index in [4.69, 9.17) is 0 Å². The van der Waals surface area contributed by atoms with Gasteiger partial charge in [-0.15, -0.1) is 0 Å². The zero-order valence-corrected chi connectivity index (χ0v) is 8.02. The number of hydrogen-bond acceptors (Lipinski definition) is 4. The topological polar surface area (TPSA) is 60.4 Å². The summed E-state index contributed by atoms with van der Waals surface area (Å²) in [7, 11) is 0. The highest BCUT2D eigenvalue weighted by Crippen LogP contribution is 2.26. The molecule has 2 rings (SSSR count). The highest BCUT2D eigenvalue weighted by molar-refractivity contribution is 6.29. The van der Waals surface area contributed by atoms with Gasteiger partial charge < -0.3 is 4.74 Å². The first-order valence-electron chi connectivity index (χ1n) is 4.44. The third-order valence-corrected chi connectivity index (χ3v) is 2.45. The number of Topliss-reactive ketones (excluding diaryl/α,β-unsaturated/α-hetero) is 2. The second kappa shape index (κ2) is 3.31. The molecule has 1 unspecified atom stereocenters. The van der Waals surface area contributed by atoms with E-state index in [9.17, 15) is 14.4 Å². The molecular formula is C11H8O4. The summed E-state index contributed by atoms with van der Waals surface area (Å²) < 4.78 is 4.49. The minimum absolute atomic E-state index is 0.127. The molecule has 0 saturated carbocycles. The molecule has 4 nitrogen and oxygen atoms in total. The maximum atomic E-state index is 11.7. The Morgan fingerprint density at radius 3 is 2.60 bits per heavy atom. The van der Waals surface area contributed by atoms with Gasteiger partial charge in [-0.25, -0.2) is 0 Å². The van der Waals surface area contributed by atoms with Crippen LogP contribution >= 0.6 is 0 Å². The molecule has 0 aliphatic heterocycles. The molecule has 0 saturated heterocycles. The van der Waals surface area contributed by atoms with Crippen molar-refractivity contribution >= 4 is 18.0 Å². The fourth-order valence-electron chi connectivity index (χ4n) is 1.77. The Morgan fingerprint density at radius 2 is 2.00 bits per heavy atom. The van der Waals surface area contributed by atoms with Crippen molar-refractivity contribution in [3.63, 3.8) is 0 Å². The number of rotatable bonds is 2. The predicted octanol–water partition coefficient (Wildman–Crippen LogP) is 0.916. The Bertz CT molecular complexity index is 462. The summed E-state index contributed by atoms with van der Waals surface area (Å²) in [5.41, 5.74) is 1.43. The number of carbonyl (C=O) groups is 3. The lowest BCUT2D eigenvalue weighted by atomic mass is 10.0.